The van der Waals surface area contributed by atoms with E-state index >= 15 is 0 Å². The first-order chi connectivity index (χ1) is 9.20. The Labute approximate surface area is 111 Å². The third-order valence-electron chi connectivity index (χ3n) is 3.21. The molecule has 3 rings (SSSR count). The van der Waals surface area contributed by atoms with Crippen molar-refractivity contribution in [2.45, 2.75) is 13.8 Å². The van der Waals surface area contributed by atoms with Gasteiger partial charge in [0, 0.05) is 23.5 Å². The van der Waals surface area contributed by atoms with Crippen molar-refractivity contribution in [3.8, 4) is 11.4 Å². The van der Waals surface area contributed by atoms with Crippen LogP contribution in [-0.4, -0.2) is 21.6 Å². The average Bonchev–Trinajstić information content (AvgIpc) is 2.83. The van der Waals surface area contributed by atoms with Gasteiger partial charge in [0.25, 0.3) is 0 Å². The van der Waals surface area contributed by atoms with Crippen molar-refractivity contribution in [3.05, 3.63) is 48.2 Å². The van der Waals surface area contributed by atoms with Gasteiger partial charge in [-0.25, -0.2) is 9.97 Å². The summed E-state index contributed by atoms with van der Waals surface area (Å²) in [6.07, 6.45) is 3.76. The van der Waals surface area contributed by atoms with E-state index < -0.39 is 0 Å². The highest BCUT2D eigenvalue weighted by molar-refractivity contribution is 5.91. The van der Waals surface area contributed by atoms with Crippen LogP contribution in [0.25, 0.3) is 16.6 Å². The SMILES string of the molecule is COc1cccc2c(-n3ccnc3C)cc(C)nc12. The van der Waals surface area contributed by atoms with Crippen LogP contribution < -0.4 is 4.74 Å². The van der Waals surface area contributed by atoms with Gasteiger partial charge >= 0.3 is 0 Å². The number of hydrogen-bond acceptors (Lipinski definition) is 3. The zero-order valence-electron chi connectivity index (χ0n) is 11.2. The number of aryl methyl sites for hydroxylation is 2. The predicted octanol–water partition coefficient (Wildman–Crippen LogP) is 3.05. The molecule has 0 saturated heterocycles. The van der Waals surface area contributed by atoms with Crippen molar-refractivity contribution in [2.24, 2.45) is 0 Å². The molecule has 0 bridgehead atoms. The number of methoxy groups -OCH3 is 1. The minimum atomic E-state index is 0.792. The largest absolute Gasteiger partial charge is 0.494 e. The van der Waals surface area contributed by atoms with E-state index in [1.54, 1.807) is 13.3 Å². The van der Waals surface area contributed by atoms with E-state index in [0.29, 0.717) is 0 Å². The van der Waals surface area contributed by atoms with E-state index in [9.17, 15) is 0 Å². The average molecular weight is 253 g/mol. The summed E-state index contributed by atoms with van der Waals surface area (Å²) in [5.41, 5.74) is 2.92. The van der Waals surface area contributed by atoms with Gasteiger partial charge in [-0.3, -0.25) is 0 Å². The quantitative estimate of drug-likeness (QED) is 0.704. The van der Waals surface area contributed by atoms with Gasteiger partial charge in [0.2, 0.25) is 0 Å². The number of imidazole rings is 1. The molecule has 96 valence electrons. The maximum Gasteiger partial charge on any atom is 0.145 e. The second-order valence-corrected chi connectivity index (χ2v) is 4.48. The van der Waals surface area contributed by atoms with Crippen molar-refractivity contribution >= 4 is 10.9 Å². The maximum atomic E-state index is 5.40. The molecule has 0 radical (unpaired) electrons. The molecule has 3 aromatic rings. The fourth-order valence-corrected chi connectivity index (χ4v) is 2.33. The van der Waals surface area contributed by atoms with E-state index in [1.165, 1.54) is 0 Å². The van der Waals surface area contributed by atoms with Gasteiger partial charge in [0.05, 0.1) is 12.8 Å². The summed E-state index contributed by atoms with van der Waals surface area (Å²) >= 11 is 0. The predicted molar refractivity (Wildman–Crippen MR) is 74.9 cm³/mol. The van der Waals surface area contributed by atoms with Crippen LogP contribution in [0.1, 0.15) is 11.5 Å². The van der Waals surface area contributed by atoms with Crippen LogP contribution >= 0.6 is 0 Å². The van der Waals surface area contributed by atoms with Crippen molar-refractivity contribution in [1.29, 1.82) is 0 Å². The zero-order chi connectivity index (χ0) is 13.4. The van der Waals surface area contributed by atoms with Crippen molar-refractivity contribution < 1.29 is 4.74 Å². The lowest BCUT2D eigenvalue weighted by Crippen LogP contribution is -2.00. The molecule has 2 heterocycles. The second kappa shape index (κ2) is 4.39. The van der Waals surface area contributed by atoms with Gasteiger partial charge in [-0.15, -0.1) is 0 Å². The maximum absolute atomic E-state index is 5.40. The Hall–Kier alpha value is -2.36. The van der Waals surface area contributed by atoms with Crippen LogP contribution in [0.5, 0.6) is 5.75 Å². The molecule has 0 saturated carbocycles. The van der Waals surface area contributed by atoms with Crippen LogP contribution in [0.15, 0.2) is 36.7 Å². The summed E-state index contributed by atoms with van der Waals surface area (Å²) in [5, 5.41) is 1.06. The second-order valence-electron chi connectivity index (χ2n) is 4.48. The van der Waals surface area contributed by atoms with Gasteiger partial charge in [-0.2, -0.15) is 0 Å². The fourth-order valence-electron chi connectivity index (χ4n) is 2.33. The molecular weight excluding hydrogens is 238 g/mol. The highest BCUT2D eigenvalue weighted by Gasteiger charge is 2.10. The Kier molecular flexibility index (Phi) is 2.71. The van der Waals surface area contributed by atoms with Crippen LogP contribution in [0, 0.1) is 13.8 Å². The minimum Gasteiger partial charge on any atom is -0.494 e. The lowest BCUT2D eigenvalue weighted by molar-refractivity contribution is 0.419. The molecule has 0 fully saturated rings. The van der Waals surface area contributed by atoms with Crippen LogP contribution in [0.2, 0.25) is 0 Å². The van der Waals surface area contributed by atoms with Gasteiger partial charge in [0.1, 0.15) is 17.1 Å². The summed E-state index contributed by atoms with van der Waals surface area (Å²) in [7, 11) is 1.67. The molecule has 1 aromatic carbocycles. The Bertz CT molecular complexity index is 746. The number of pyridine rings is 1. The minimum absolute atomic E-state index is 0.792. The number of benzene rings is 1. The molecule has 0 aliphatic carbocycles. The van der Waals surface area contributed by atoms with E-state index in [0.717, 1.165) is 33.9 Å². The molecule has 4 heteroatoms. The standard InChI is InChI=1S/C15H15N3O/c1-10-9-13(18-8-7-16-11(18)2)12-5-4-6-14(19-3)15(12)17-10/h4-9H,1-3H3. The van der Waals surface area contributed by atoms with Crippen molar-refractivity contribution in [1.82, 2.24) is 14.5 Å². The van der Waals surface area contributed by atoms with Crippen LogP contribution in [0.4, 0.5) is 0 Å². The topological polar surface area (TPSA) is 39.9 Å². The summed E-state index contributed by atoms with van der Waals surface area (Å²) < 4.78 is 7.46. The summed E-state index contributed by atoms with van der Waals surface area (Å²) in [6.45, 7) is 3.98. The van der Waals surface area contributed by atoms with E-state index in [4.69, 9.17) is 4.74 Å². The highest BCUT2D eigenvalue weighted by atomic mass is 16.5. The van der Waals surface area contributed by atoms with Crippen molar-refractivity contribution in [2.75, 3.05) is 7.11 Å². The van der Waals surface area contributed by atoms with E-state index in [1.807, 2.05) is 32.2 Å². The lowest BCUT2D eigenvalue weighted by Gasteiger charge is -2.12. The Morgan fingerprint density at radius 1 is 1.21 bits per heavy atom. The summed E-state index contributed by atoms with van der Waals surface area (Å²) in [6, 6.07) is 8.03. The Morgan fingerprint density at radius 2 is 2.05 bits per heavy atom. The molecule has 0 unspecified atom stereocenters. The van der Waals surface area contributed by atoms with Crippen molar-refractivity contribution in [3.63, 3.8) is 0 Å². The summed E-state index contributed by atoms with van der Waals surface area (Å²) in [5.74, 6) is 1.75. The zero-order valence-corrected chi connectivity index (χ0v) is 11.2. The highest BCUT2D eigenvalue weighted by Crippen LogP contribution is 2.29. The molecule has 0 amide bonds. The number of hydrogen-bond donors (Lipinski definition) is 0. The van der Waals surface area contributed by atoms with Gasteiger partial charge in [-0.05, 0) is 26.0 Å². The first kappa shape index (κ1) is 11.7. The summed E-state index contributed by atoms with van der Waals surface area (Å²) in [4.78, 5) is 8.87. The molecular formula is C15H15N3O. The van der Waals surface area contributed by atoms with Gasteiger partial charge in [-0.1, -0.05) is 12.1 Å². The first-order valence-corrected chi connectivity index (χ1v) is 6.15. The monoisotopic (exact) mass is 253 g/mol. The molecule has 4 nitrogen and oxygen atoms in total. The number of rotatable bonds is 2. The number of aromatic nitrogens is 3. The van der Waals surface area contributed by atoms with Crippen LogP contribution in [-0.2, 0) is 0 Å². The third-order valence-corrected chi connectivity index (χ3v) is 3.21. The van der Waals surface area contributed by atoms with Crippen LogP contribution in [0.3, 0.4) is 0 Å². The normalized spacial score (nSPS) is 10.9. The van der Waals surface area contributed by atoms with E-state index in [2.05, 4.69) is 26.7 Å². The number of fused-ring (bicyclic) bond motifs is 1. The lowest BCUT2D eigenvalue weighted by atomic mass is 10.1. The fraction of sp³-hybridized carbons (Fsp3) is 0.200. The molecule has 0 aliphatic heterocycles. The number of para-hydroxylation sites is 1. The molecule has 0 N–H and O–H groups in total. The molecule has 2 aromatic heterocycles. The molecule has 19 heavy (non-hydrogen) atoms. The van der Waals surface area contributed by atoms with Gasteiger partial charge in [0.15, 0.2) is 0 Å². The number of nitrogens with zero attached hydrogens (tertiary/aromatic N) is 3. The molecule has 0 spiro atoms. The van der Waals surface area contributed by atoms with Gasteiger partial charge < -0.3 is 9.30 Å². The Morgan fingerprint density at radius 3 is 2.74 bits per heavy atom. The molecule has 0 aliphatic rings. The third kappa shape index (κ3) is 1.85. The smallest absolute Gasteiger partial charge is 0.145 e. The molecule has 0 atom stereocenters. The Balaban J connectivity index is 2.40. The first-order valence-electron chi connectivity index (χ1n) is 6.15. The number of ether oxygens (including phenoxy) is 1. The van der Waals surface area contributed by atoms with E-state index in [-0.39, 0.29) is 0 Å².